The molecule has 2 aromatic rings. The molecular weight excluding hydrogens is 310 g/mol. The van der Waals surface area contributed by atoms with Crippen molar-refractivity contribution < 1.29 is 9.59 Å². The number of thiophene rings is 1. The Morgan fingerprint density at radius 3 is 2.17 bits per heavy atom. The van der Waals surface area contributed by atoms with Gasteiger partial charge in [0.15, 0.2) is 0 Å². The van der Waals surface area contributed by atoms with Gasteiger partial charge in [0.05, 0.1) is 5.56 Å². The van der Waals surface area contributed by atoms with Gasteiger partial charge in [-0.15, -0.1) is 11.3 Å². The second-order valence-corrected chi connectivity index (χ2v) is 7.19. The predicted octanol–water partition coefficient (Wildman–Crippen LogP) is 3.90. The normalized spacial score (nSPS) is 13.5. The van der Waals surface area contributed by atoms with Gasteiger partial charge in [-0.1, -0.05) is 0 Å². The van der Waals surface area contributed by atoms with Gasteiger partial charge in [-0.05, 0) is 57.0 Å². The van der Waals surface area contributed by atoms with Crippen LogP contribution in [0.4, 0.5) is 16.2 Å². The van der Waals surface area contributed by atoms with Gasteiger partial charge in [0.1, 0.15) is 0 Å². The fourth-order valence-corrected chi connectivity index (χ4v) is 3.19. The van der Waals surface area contributed by atoms with E-state index in [2.05, 4.69) is 16.0 Å². The van der Waals surface area contributed by atoms with Gasteiger partial charge in [0.25, 0.3) is 5.91 Å². The van der Waals surface area contributed by atoms with Crippen LogP contribution in [-0.2, 0) is 0 Å². The largest absolute Gasteiger partial charge is 0.335 e. The van der Waals surface area contributed by atoms with Crippen molar-refractivity contribution >= 4 is 34.6 Å². The van der Waals surface area contributed by atoms with Crippen molar-refractivity contribution in [1.29, 1.82) is 0 Å². The van der Waals surface area contributed by atoms with E-state index in [9.17, 15) is 9.59 Å². The molecule has 3 N–H and O–H groups in total. The maximum absolute atomic E-state index is 12.3. The van der Waals surface area contributed by atoms with E-state index in [0.29, 0.717) is 23.0 Å². The molecule has 0 saturated heterocycles. The predicted molar refractivity (Wildman–Crippen MR) is 93.4 cm³/mol. The summed E-state index contributed by atoms with van der Waals surface area (Å²) >= 11 is 1.61. The van der Waals surface area contributed by atoms with Crippen LogP contribution in [0.15, 0.2) is 30.3 Å². The fraction of sp³-hybridized carbons (Fsp3) is 0.294. The van der Waals surface area contributed by atoms with Gasteiger partial charge < -0.3 is 16.0 Å². The Hall–Kier alpha value is -2.34. The van der Waals surface area contributed by atoms with Gasteiger partial charge in [-0.25, -0.2) is 4.79 Å². The number of rotatable bonds is 4. The third-order valence-corrected chi connectivity index (χ3v) is 4.56. The minimum atomic E-state index is -0.186. The maximum atomic E-state index is 12.3. The molecule has 0 unspecified atom stereocenters. The van der Waals surface area contributed by atoms with Gasteiger partial charge in [0, 0.05) is 27.2 Å². The second kappa shape index (κ2) is 6.42. The van der Waals surface area contributed by atoms with Crippen LogP contribution >= 0.6 is 11.3 Å². The average Bonchev–Trinajstić information content (AvgIpc) is 3.23. The summed E-state index contributed by atoms with van der Waals surface area (Å²) < 4.78 is 0. The summed E-state index contributed by atoms with van der Waals surface area (Å²) in [7, 11) is 0. The number of benzene rings is 1. The van der Waals surface area contributed by atoms with Crippen LogP contribution in [0.5, 0.6) is 0 Å². The molecule has 1 fully saturated rings. The van der Waals surface area contributed by atoms with Crippen LogP contribution in [0.3, 0.4) is 0 Å². The highest BCUT2D eigenvalue weighted by Crippen LogP contribution is 2.22. The van der Waals surface area contributed by atoms with Crippen molar-refractivity contribution in [2.24, 2.45) is 0 Å². The summed E-state index contributed by atoms with van der Waals surface area (Å²) in [5, 5.41) is 8.51. The molecule has 3 amide bonds. The molecule has 0 spiro atoms. The quantitative estimate of drug-likeness (QED) is 0.796. The molecule has 1 aliphatic rings. The first kappa shape index (κ1) is 15.6. The number of carbonyl (C=O) groups is 2. The first-order valence-electron chi connectivity index (χ1n) is 7.57. The Labute approximate surface area is 139 Å². The van der Waals surface area contributed by atoms with E-state index in [1.165, 1.54) is 0 Å². The molecule has 0 bridgehead atoms. The second-order valence-electron chi connectivity index (χ2n) is 5.73. The lowest BCUT2D eigenvalue weighted by Crippen LogP contribution is -2.30. The number of amides is 3. The Morgan fingerprint density at radius 1 is 1.04 bits per heavy atom. The minimum Gasteiger partial charge on any atom is -0.335 e. The lowest BCUT2D eigenvalue weighted by molar-refractivity contribution is 0.102. The number of hydrogen-bond donors (Lipinski definition) is 3. The zero-order valence-electron chi connectivity index (χ0n) is 13.1. The number of aryl methyl sites for hydroxylation is 2. The average molecular weight is 329 g/mol. The van der Waals surface area contributed by atoms with Crippen LogP contribution in [0.1, 0.15) is 33.0 Å². The summed E-state index contributed by atoms with van der Waals surface area (Å²) in [4.78, 5) is 26.0. The zero-order chi connectivity index (χ0) is 16.4. The molecule has 1 aromatic carbocycles. The molecular formula is C17H19N3O2S. The molecule has 0 atom stereocenters. The van der Waals surface area contributed by atoms with Gasteiger partial charge in [-0.3, -0.25) is 4.79 Å². The van der Waals surface area contributed by atoms with Crippen LogP contribution in [-0.4, -0.2) is 18.0 Å². The topological polar surface area (TPSA) is 70.2 Å². The molecule has 23 heavy (non-hydrogen) atoms. The Kier molecular flexibility index (Phi) is 4.34. The van der Waals surface area contributed by atoms with Gasteiger partial charge >= 0.3 is 6.03 Å². The number of nitrogens with one attached hydrogen (secondary N) is 3. The van der Waals surface area contributed by atoms with E-state index in [1.807, 2.05) is 19.9 Å². The number of urea groups is 1. The molecule has 1 heterocycles. The molecule has 120 valence electrons. The smallest absolute Gasteiger partial charge is 0.319 e. The van der Waals surface area contributed by atoms with Crippen LogP contribution < -0.4 is 16.0 Å². The standard InChI is InChI=1S/C17H19N3O2S/c1-10-9-15(11(2)23-10)16(21)18-12-3-5-13(6-4-12)19-17(22)20-14-7-8-14/h3-6,9,14H,7-8H2,1-2H3,(H,18,21)(H2,19,20,22). The molecule has 6 heteroatoms. The third-order valence-electron chi connectivity index (χ3n) is 3.60. The first-order chi connectivity index (χ1) is 11.0. The molecule has 1 aromatic heterocycles. The molecule has 0 radical (unpaired) electrons. The Balaban J connectivity index is 1.59. The highest BCUT2D eigenvalue weighted by atomic mass is 32.1. The van der Waals surface area contributed by atoms with Crippen molar-refractivity contribution in [3.05, 3.63) is 45.6 Å². The summed E-state index contributed by atoms with van der Waals surface area (Å²) in [5.74, 6) is -0.112. The number of hydrogen-bond acceptors (Lipinski definition) is 3. The van der Waals surface area contributed by atoms with Crippen molar-refractivity contribution in [2.45, 2.75) is 32.7 Å². The summed E-state index contributed by atoms with van der Waals surface area (Å²) in [6, 6.07) is 9.13. The molecule has 3 rings (SSSR count). The lowest BCUT2D eigenvalue weighted by Gasteiger charge is -2.08. The van der Waals surface area contributed by atoms with E-state index in [4.69, 9.17) is 0 Å². The van der Waals surface area contributed by atoms with Crippen molar-refractivity contribution in [3.63, 3.8) is 0 Å². The van der Waals surface area contributed by atoms with Gasteiger partial charge in [-0.2, -0.15) is 0 Å². The zero-order valence-corrected chi connectivity index (χ0v) is 13.9. The highest BCUT2D eigenvalue weighted by molar-refractivity contribution is 7.12. The summed E-state index contributed by atoms with van der Waals surface area (Å²) in [6.07, 6.45) is 2.11. The molecule has 1 saturated carbocycles. The van der Waals surface area contributed by atoms with E-state index < -0.39 is 0 Å². The Bertz CT molecular complexity index is 733. The van der Waals surface area contributed by atoms with Crippen LogP contribution in [0.25, 0.3) is 0 Å². The van der Waals surface area contributed by atoms with Crippen molar-refractivity contribution in [2.75, 3.05) is 10.6 Å². The lowest BCUT2D eigenvalue weighted by atomic mass is 10.2. The van der Waals surface area contributed by atoms with Crippen LogP contribution in [0.2, 0.25) is 0 Å². The van der Waals surface area contributed by atoms with E-state index in [0.717, 1.165) is 22.6 Å². The SMILES string of the molecule is Cc1cc(C(=O)Nc2ccc(NC(=O)NC3CC3)cc2)c(C)s1. The molecule has 0 aliphatic heterocycles. The summed E-state index contributed by atoms with van der Waals surface area (Å²) in [6.45, 7) is 3.93. The molecule has 1 aliphatic carbocycles. The maximum Gasteiger partial charge on any atom is 0.319 e. The van der Waals surface area contributed by atoms with Crippen molar-refractivity contribution in [1.82, 2.24) is 5.32 Å². The van der Waals surface area contributed by atoms with E-state index in [-0.39, 0.29) is 11.9 Å². The molecule has 5 nitrogen and oxygen atoms in total. The van der Waals surface area contributed by atoms with E-state index >= 15 is 0 Å². The van der Waals surface area contributed by atoms with Gasteiger partial charge in [0.2, 0.25) is 0 Å². The summed E-state index contributed by atoms with van der Waals surface area (Å²) in [5.41, 5.74) is 2.11. The minimum absolute atomic E-state index is 0.112. The van der Waals surface area contributed by atoms with Crippen molar-refractivity contribution in [3.8, 4) is 0 Å². The third kappa shape index (κ3) is 4.10. The Morgan fingerprint density at radius 2 is 1.65 bits per heavy atom. The number of carbonyl (C=O) groups excluding carboxylic acids is 2. The van der Waals surface area contributed by atoms with E-state index in [1.54, 1.807) is 35.6 Å². The fourth-order valence-electron chi connectivity index (χ4n) is 2.27. The highest BCUT2D eigenvalue weighted by Gasteiger charge is 2.23. The first-order valence-corrected chi connectivity index (χ1v) is 8.39. The van der Waals surface area contributed by atoms with Crippen LogP contribution in [0, 0.1) is 13.8 Å². The number of anilines is 2. The monoisotopic (exact) mass is 329 g/mol.